The van der Waals surface area contributed by atoms with Gasteiger partial charge in [-0.05, 0) is 36.8 Å². The van der Waals surface area contributed by atoms with Gasteiger partial charge in [0.05, 0.1) is 17.8 Å². The van der Waals surface area contributed by atoms with Crippen molar-refractivity contribution in [2.24, 2.45) is 5.73 Å². The smallest absolute Gasteiger partial charge is 0.416 e. The molecule has 7 nitrogen and oxygen atoms in total. The number of amides is 1. The Morgan fingerprint density at radius 3 is 2.29 bits per heavy atom. The van der Waals surface area contributed by atoms with E-state index < -0.39 is 17.6 Å². The lowest BCUT2D eigenvalue weighted by molar-refractivity contribution is -0.137. The molecule has 0 aliphatic rings. The highest BCUT2D eigenvalue weighted by atomic mass is 19.4. The number of nitrogens with two attached hydrogens (primary N) is 1. The van der Waals surface area contributed by atoms with Gasteiger partial charge >= 0.3 is 6.18 Å². The number of aromatic nitrogens is 4. The van der Waals surface area contributed by atoms with Crippen LogP contribution in [0.5, 0.6) is 0 Å². The summed E-state index contributed by atoms with van der Waals surface area (Å²) in [4.78, 5) is 14.7. The quantitative estimate of drug-likeness (QED) is 0.527. The Bertz CT molecular complexity index is 1140. The van der Waals surface area contributed by atoms with Crippen molar-refractivity contribution in [2.75, 3.05) is 0 Å². The standard InChI is InChI=1S/C11H10F3N3.C10H8N2O2/c1-8-6-17(16-15-8)7-9-2-4-10(5-3-9)11(12,13)14;11-9(13)8-6-14-10(12-8)7-4-2-1-3-5-7/h2-6H,7H2,1H3;1-6H,(H2,11,13). The molecule has 2 aromatic heterocycles. The molecule has 160 valence electrons. The predicted octanol–water partition coefficient (Wildman–Crippen LogP) is 4.09. The molecule has 2 heterocycles. The van der Waals surface area contributed by atoms with Crippen LogP contribution in [-0.2, 0) is 12.7 Å². The van der Waals surface area contributed by atoms with Crippen molar-refractivity contribution in [3.63, 3.8) is 0 Å². The zero-order valence-electron chi connectivity index (χ0n) is 16.4. The summed E-state index contributed by atoms with van der Waals surface area (Å²) in [6.45, 7) is 2.22. The summed E-state index contributed by atoms with van der Waals surface area (Å²) in [6, 6.07) is 14.3. The topological polar surface area (TPSA) is 99.8 Å². The Kier molecular flexibility index (Phi) is 6.49. The normalized spacial score (nSPS) is 11.0. The largest absolute Gasteiger partial charge is 0.444 e. The summed E-state index contributed by atoms with van der Waals surface area (Å²) in [7, 11) is 0. The maximum absolute atomic E-state index is 12.3. The maximum Gasteiger partial charge on any atom is 0.416 e. The van der Waals surface area contributed by atoms with Crippen LogP contribution in [0.25, 0.3) is 11.5 Å². The molecule has 2 aromatic carbocycles. The summed E-state index contributed by atoms with van der Waals surface area (Å²) >= 11 is 0. The average Bonchev–Trinajstić information content (AvgIpc) is 3.38. The number of hydrogen-bond acceptors (Lipinski definition) is 5. The van der Waals surface area contributed by atoms with Crippen molar-refractivity contribution in [1.82, 2.24) is 20.0 Å². The molecule has 4 aromatic rings. The van der Waals surface area contributed by atoms with E-state index in [0.29, 0.717) is 12.4 Å². The Balaban J connectivity index is 0.000000179. The van der Waals surface area contributed by atoms with Crippen LogP contribution in [0.4, 0.5) is 13.2 Å². The van der Waals surface area contributed by atoms with Crippen molar-refractivity contribution in [1.29, 1.82) is 0 Å². The number of nitrogens with zero attached hydrogens (tertiary/aromatic N) is 4. The molecule has 0 fully saturated rings. The summed E-state index contributed by atoms with van der Waals surface area (Å²) in [5, 5.41) is 7.63. The fourth-order valence-corrected chi connectivity index (χ4v) is 2.56. The van der Waals surface area contributed by atoms with Crippen molar-refractivity contribution in [3.8, 4) is 11.5 Å². The fraction of sp³-hybridized carbons (Fsp3) is 0.143. The van der Waals surface area contributed by atoms with E-state index in [1.807, 2.05) is 30.3 Å². The molecule has 0 aliphatic carbocycles. The third-order valence-corrected chi connectivity index (χ3v) is 4.06. The van der Waals surface area contributed by atoms with E-state index in [-0.39, 0.29) is 5.69 Å². The minimum Gasteiger partial charge on any atom is -0.444 e. The molecule has 0 saturated carbocycles. The summed E-state index contributed by atoms with van der Waals surface area (Å²) < 4.78 is 43.6. The average molecular weight is 429 g/mol. The second-order valence-corrected chi connectivity index (χ2v) is 6.52. The van der Waals surface area contributed by atoms with E-state index >= 15 is 0 Å². The first-order valence-corrected chi connectivity index (χ1v) is 9.06. The van der Waals surface area contributed by atoms with E-state index in [0.717, 1.165) is 29.0 Å². The second kappa shape index (κ2) is 9.24. The molecule has 0 saturated heterocycles. The van der Waals surface area contributed by atoms with Crippen LogP contribution in [-0.4, -0.2) is 25.9 Å². The summed E-state index contributed by atoms with van der Waals surface area (Å²) in [5.41, 5.74) is 6.89. The molecule has 0 unspecified atom stereocenters. The first-order chi connectivity index (χ1) is 14.7. The van der Waals surface area contributed by atoms with Crippen LogP contribution in [0, 0.1) is 6.92 Å². The van der Waals surface area contributed by atoms with Crippen molar-refractivity contribution >= 4 is 5.91 Å². The lowest BCUT2D eigenvalue weighted by atomic mass is 10.1. The highest BCUT2D eigenvalue weighted by molar-refractivity contribution is 5.90. The Morgan fingerprint density at radius 1 is 1.10 bits per heavy atom. The number of alkyl halides is 3. The molecule has 31 heavy (non-hydrogen) atoms. The Hall–Kier alpha value is -3.95. The molecule has 0 aliphatic heterocycles. The third-order valence-electron chi connectivity index (χ3n) is 4.06. The lowest BCUT2D eigenvalue weighted by Crippen LogP contribution is -2.10. The van der Waals surface area contributed by atoms with Gasteiger partial charge in [-0.25, -0.2) is 9.67 Å². The van der Waals surface area contributed by atoms with Gasteiger partial charge in [0, 0.05) is 11.8 Å². The van der Waals surface area contributed by atoms with Crippen LogP contribution in [0.3, 0.4) is 0 Å². The van der Waals surface area contributed by atoms with Crippen LogP contribution in [0.15, 0.2) is 71.5 Å². The molecule has 0 bridgehead atoms. The summed E-state index contributed by atoms with van der Waals surface area (Å²) in [6.07, 6.45) is -1.30. The number of carbonyl (C=O) groups is 1. The van der Waals surface area contributed by atoms with E-state index in [2.05, 4.69) is 15.3 Å². The molecule has 4 rings (SSSR count). The van der Waals surface area contributed by atoms with Gasteiger partial charge in [0.25, 0.3) is 5.91 Å². The fourth-order valence-electron chi connectivity index (χ4n) is 2.56. The van der Waals surface area contributed by atoms with Crippen molar-refractivity contribution in [3.05, 3.63) is 89.6 Å². The van der Waals surface area contributed by atoms with E-state index in [1.54, 1.807) is 17.8 Å². The number of halogens is 3. The lowest BCUT2D eigenvalue weighted by Gasteiger charge is -2.07. The van der Waals surface area contributed by atoms with E-state index in [9.17, 15) is 18.0 Å². The van der Waals surface area contributed by atoms with Gasteiger partial charge in [0.2, 0.25) is 5.89 Å². The molecule has 0 atom stereocenters. The Morgan fingerprint density at radius 2 is 1.77 bits per heavy atom. The van der Waals surface area contributed by atoms with Crippen LogP contribution in [0.2, 0.25) is 0 Å². The molecule has 0 radical (unpaired) electrons. The van der Waals surface area contributed by atoms with Crippen molar-refractivity contribution < 1.29 is 22.4 Å². The number of aryl methyl sites for hydroxylation is 1. The predicted molar refractivity (Wildman–Crippen MR) is 106 cm³/mol. The van der Waals surface area contributed by atoms with Gasteiger partial charge in [0.1, 0.15) is 6.26 Å². The highest BCUT2D eigenvalue weighted by Crippen LogP contribution is 2.29. The second-order valence-electron chi connectivity index (χ2n) is 6.52. The zero-order valence-corrected chi connectivity index (χ0v) is 16.4. The van der Waals surface area contributed by atoms with Crippen molar-refractivity contribution in [2.45, 2.75) is 19.6 Å². The monoisotopic (exact) mass is 429 g/mol. The summed E-state index contributed by atoms with van der Waals surface area (Å²) in [5.74, 6) is -0.185. The first kappa shape index (κ1) is 21.8. The molecule has 2 N–H and O–H groups in total. The molecule has 10 heteroatoms. The number of hydrogen-bond donors (Lipinski definition) is 1. The van der Waals surface area contributed by atoms with Gasteiger partial charge in [-0.1, -0.05) is 35.5 Å². The van der Waals surface area contributed by atoms with Gasteiger partial charge < -0.3 is 10.2 Å². The highest BCUT2D eigenvalue weighted by Gasteiger charge is 2.29. The van der Waals surface area contributed by atoms with E-state index in [4.69, 9.17) is 10.2 Å². The third kappa shape index (κ3) is 6.01. The molecule has 1 amide bonds. The number of oxazole rings is 1. The van der Waals surface area contributed by atoms with Crippen LogP contribution in [0.1, 0.15) is 27.3 Å². The molecule has 0 spiro atoms. The number of benzene rings is 2. The number of carbonyl (C=O) groups excluding carboxylic acids is 1. The van der Waals surface area contributed by atoms with Gasteiger partial charge in [-0.2, -0.15) is 13.2 Å². The number of primary amides is 1. The molecular weight excluding hydrogens is 411 g/mol. The van der Waals surface area contributed by atoms with Gasteiger partial charge in [-0.15, -0.1) is 5.10 Å². The number of rotatable bonds is 4. The Labute approximate surface area is 175 Å². The van der Waals surface area contributed by atoms with Gasteiger partial charge in [-0.3, -0.25) is 4.79 Å². The molecular formula is C21H18F3N5O2. The van der Waals surface area contributed by atoms with E-state index in [1.165, 1.54) is 18.4 Å². The minimum atomic E-state index is -4.29. The first-order valence-electron chi connectivity index (χ1n) is 9.06. The zero-order chi connectivity index (χ0) is 22.4. The van der Waals surface area contributed by atoms with Gasteiger partial charge in [0.15, 0.2) is 5.69 Å². The van der Waals surface area contributed by atoms with Crippen LogP contribution >= 0.6 is 0 Å². The SMILES string of the molecule is Cc1cn(Cc2ccc(C(F)(F)F)cc2)nn1.NC(=O)c1coc(-c2ccccc2)n1. The van der Waals surface area contributed by atoms with Crippen LogP contribution < -0.4 is 5.73 Å². The maximum atomic E-state index is 12.3. The minimum absolute atomic E-state index is 0.142.